The predicted molar refractivity (Wildman–Crippen MR) is 76.1 cm³/mol. The normalized spacial score (nSPS) is 10.1. The number of amides is 1. The molecule has 0 bridgehead atoms. The number of benzene rings is 2. The molecule has 0 radical (unpaired) electrons. The molecule has 0 saturated heterocycles. The predicted octanol–water partition coefficient (Wildman–Crippen LogP) is 2.73. The van der Waals surface area contributed by atoms with Crippen molar-refractivity contribution in [2.45, 2.75) is 6.92 Å². The maximum Gasteiger partial charge on any atom is 0.262 e. The molecule has 20 heavy (non-hydrogen) atoms. The molecular weight excluding hydrogens is 259 g/mol. The first kappa shape index (κ1) is 13.9. The van der Waals surface area contributed by atoms with Crippen LogP contribution in [0.1, 0.15) is 5.56 Å². The van der Waals surface area contributed by atoms with E-state index in [-0.39, 0.29) is 24.0 Å². The van der Waals surface area contributed by atoms with E-state index in [2.05, 4.69) is 5.32 Å². The van der Waals surface area contributed by atoms with E-state index in [1.165, 1.54) is 18.2 Å². The Balaban J connectivity index is 1.94. The van der Waals surface area contributed by atoms with Crippen molar-refractivity contribution in [3.05, 3.63) is 53.8 Å². The lowest BCUT2D eigenvalue weighted by Gasteiger charge is -2.10. The van der Waals surface area contributed by atoms with Crippen molar-refractivity contribution in [2.24, 2.45) is 0 Å². The molecule has 0 fully saturated rings. The van der Waals surface area contributed by atoms with Crippen LogP contribution in [0.4, 0.5) is 15.8 Å². The highest BCUT2D eigenvalue weighted by Gasteiger charge is 2.10. The summed E-state index contributed by atoms with van der Waals surface area (Å²) in [6.45, 7) is 1.65. The van der Waals surface area contributed by atoms with Gasteiger partial charge in [-0.3, -0.25) is 4.79 Å². The van der Waals surface area contributed by atoms with Crippen molar-refractivity contribution in [1.82, 2.24) is 0 Å². The first-order valence-corrected chi connectivity index (χ1v) is 6.09. The van der Waals surface area contributed by atoms with Gasteiger partial charge in [0, 0.05) is 5.69 Å². The molecule has 0 aromatic heterocycles. The number of anilines is 2. The molecule has 0 aliphatic heterocycles. The number of aryl methyl sites for hydroxylation is 1. The summed E-state index contributed by atoms with van der Waals surface area (Å²) in [6, 6.07) is 11.5. The van der Waals surface area contributed by atoms with Crippen LogP contribution in [-0.4, -0.2) is 12.5 Å². The lowest BCUT2D eigenvalue weighted by Crippen LogP contribution is -2.20. The fourth-order valence-corrected chi connectivity index (χ4v) is 1.65. The highest BCUT2D eigenvalue weighted by Crippen LogP contribution is 2.24. The van der Waals surface area contributed by atoms with Gasteiger partial charge in [-0.15, -0.1) is 0 Å². The minimum absolute atomic E-state index is 0.105. The Labute approximate surface area is 116 Å². The van der Waals surface area contributed by atoms with Gasteiger partial charge in [-0.25, -0.2) is 4.39 Å². The Hall–Kier alpha value is -2.56. The number of nitrogen functional groups attached to an aromatic ring is 1. The van der Waals surface area contributed by atoms with Crippen molar-refractivity contribution in [2.75, 3.05) is 17.7 Å². The molecule has 0 spiro atoms. The lowest BCUT2D eigenvalue weighted by molar-refractivity contribution is -0.118. The summed E-state index contributed by atoms with van der Waals surface area (Å²) in [5, 5.41) is 2.65. The molecule has 2 rings (SSSR count). The molecule has 0 unspecified atom stereocenters. The zero-order chi connectivity index (χ0) is 14.5. The summed E-state index contributed by atoms with van der Waals surface area (Å²) in [4.78, 5) is 11.7. The molecule has 2 aromatic carbocycles. The van der Waals surface area contributed by atoms with Gasteiger partial charge in [0.25, 0.3) is 5.91 Å². The van der Waals surface area contributed by atoms with E-state index in [1.807, 2.05) is 19.1 Å². The maximum atomic E-state index is 13.4. The smallest absolute Gasteiger partial charge is 0.262 e. The summed E-state index contributed by atoms with van der Waals surface area (Å²) in [6.07, 6.45) is 0. The Morgan fingerprint density at radius 2 is 1.95 bits per heavy atom. The minimum Gasteiger partial charge on any atom is -0.479 e. The number of nitrogens with one attached hydrogen (secondary N) is 1. The summed E-state index contributed by atoms with van der Waals surface area (Å²) < 4.78 is 18.5. The molecule has 0 aliphatic rings. The van der Waals surface area contributed by atoms with E-state index in [1.54, 1.807) is 12.1 Å². The van der Waals surface area contributed by atoms with E-state index >= 15 is 0 Å². The molecule has 0 atom stereocenters. The number of nitrogens with two attached hydrogens (primary N) is 1. The van der Waals surface area contributed by atoms with E-state index in [4.69, 9.17) is 10.5 Å². The van der Waals surface area contributed by atoms with Crippen LogP contribution in [0.25, 0.3) is 0 Å². The average molecular weight is 274 g/mol. The van der Waals surface area contributed by atoms with Crippen molar-refractivity contribution in [3.63, 3.8) is 0 Å². The number of hydrogen-bond acceptors (Lipinski definition) is 3. The molecule has 0 aliphatic carbocycles. The van der Waals surface area contributed by atoms with Gasteiger partial charge < -0.3 is 15.8 Å². The standard InChI is InChI=1S/C15H15FN2O2/c1-10-5-7-11(8-6-10)18-14(19)9-20-15-12(16)3-2-4-13(15)17/h2-8H,9,17H2,1H3,(H,18,19). The number of para-hydroxylation sites is 1. The van der Waals surface area contributed by atoms with Gasteiger partial charge in [0.2, 0.25) is 0 Å². The van der Waals surface area contributed by atoms with Crippen LogP contribution in [0, 0.1) is 12.7 Å². The molecule has 3 N–H and O–H groups in total. The molecule has 5 heteroatoms. The van der Waals surface area contributed by atoms with Gasteiger partial charge in [-0.05, 0) is 31.2 Å². The van der Waals surface area contributed by atoms with Crippen molar-refractivity contribution in [3.8, 4) is 5.75 Å². The van der Waals surface area contributed by atoms with E-state index in [0.29, 0.717) is 5.69 Å². The number of ether oxygens (including phenoxy) is 1. The molecule has 0 saturated carbocycles. The molecule has 2 aromatic rings. The minimum atomic E-state index is -0.590. The molecule has 1 amide bonds. The van der Waals surface area contributed by atoms with Crippen molar-refractivity contribution >= 4 is 17.3 Å². The topological polar surface area (TPSA) is 64.3 Å². The second-order valence-corrected chi connectivity index (χ2v) is 4.36. The second kappa shape index (κ2) is 6.06. The van der Waals surface area contributed by atoms with Crippen LogP contribution in [0.2, 0.25) is 0 Å². The van der Waals surface area contributed by atoms with Crippen LogP contribution in [0.3, 0.4) is 0 Å². The van der Waals surface area contributed by atoms with Crippen LogP contribution in [-0.2, 0) is 4.79 Å². The Kier molecular flexibility index (Phi) is 4.20. The summed E-state index contributed by atoms with van der Waals surface area (Å²) in [7, 11) is 0. The van der Waals surface area contributed by atoms with E-state index < -0.39 is 5.82 Å². The third-order valence-corrected chi connectivity index (χ3v) is 2.68. The lowest BCUT2D eigenvalue weighted by atomic mass is 10.2. The number of carbonyl (C=O) groups is 1. The quantitative estimate of drug-likeness (QED) is 0.842. The third-order valence-electron chi connectivity index (χ3n) is 2.68. The second-order valence-electron chi connectivity index (χ2n) is 4.36. The highest BCUT2D eigenvalue weighted by atomic mass is 19.1. The Morgan fingerprint density at radius 3 is 2.60 bits per heavy atom. The molecule has 104 valence electrons. The Bertz CT molecular complexity index is 592. The number of hydrogen-bond donors (Lipinski definition) is 2. The summed E-state index contributed by atoms with van der Waals surface area (Å²) in [5.41, 5.74) is 7.49. The number of rotatable bonds is 4. The van der Waals surface area contributed by atoms with Gasteiger partial charge in [-0.2, -0.15) is 0 Å². The van der Waals surface area contributed by atoms with Gasteiger partial charge in [0.05, 0.1) is 5.69 Å². The van der Waals surface area contributed by atoms with Crippen LogP contribution in [0.15, 0.2) is 42.5 Å². The van der Waals surface area contributed by atoms with Crippen LogP contribution >= 0.6 is 0 Å². The fraction of sp³-hybridized carbons (Fsp3) is 0.133. The summed E-state index contributed by atoms with van der Waals surface area (Å²) in [5.74, 6) is -1.07. The van der Waals surface area contributed by atoms with E-state index in [9.17, 15) is 9.18 Å². The van der Waals surface area contributed by atoms with Gasteiger partial charge in [0.15, 0.2) is 18.2 Å². The average Bonchev–Trinajstić information content (AvgIpc) is 2.41. The summed E-state index contributed by atoms with van der Waals surface area (Å²) >= 11 is 0. The highest BCUT2D eigenvalue weighted by molar-refractivity contribution is 5.91. The van der Waals surface area contributed by atoms with E-state index in [0.717, 1.165) is 5.56 Å². The zero-order valence-electron chi connectivity index (χ0n) is 11.0. The van der Waals surface area contributed by atoms with Crippen molar-refractivity contribution in [1.29, 1.82) is 0 Å². The Morgan fingerprint density at radius 1 is 1.25 bits per heavy atom. The number of carbonyl (C=O) groups excluding carboxylic acids is 1. The fourth-order valence-electron chi connectivity index (χ4n) is 1.65. The van der Waals surface area contributed by atoms with Crippen LogP contribution in [0.5, 0.6) is 5.75 Å². The molecule has 0 heterocycles. The molecular formula is C15H15FN2O2. The third kappa shape index (κ3) is 3.47. The van der Waals surface area contributed by atoms with Crippen LogP contribution < -0.4 is 15.8 Å². The zero-order valence-corrected chi connectivity index (χ0v) is 11.0. The van der Waals surface area contributed by atoms with Crippen molar-refractivity contribution < 1.29 is 13.9 Å². The largest absolute Gasteiger partial charge is 0.479 e. The first-order valence-electron chi connectivity index (χ1n) is 6.09. The SMILES string of the molecule is Cc1ccc(NC(=O)COc2c(N)cccc2F)cc1. The van der Waals surface area contributed by atoms with Gasteiger partial charge in [-0.1, -0.05) is 23.8 Å². The number of halogens is 1. The maximum absolute atomic E-state index is 13.4. The van der Waals surface area contributed by atoms with Gasteiger partial charge >= 0.3 is 0 Å². The van der Waals surface area contributed by atoms with Gasteiger partial charge in [0.1, 0.15) is 0 Å². The first-order chi connectivity index (χ1) is 9.56. The monoisotopic (exact) mass is 274 g/mol. The molecule has 4 nitrogen and oxygen atoms in total.